The zero-order valence-corrected chi connectivity index (χ0v) is 15.4. The second kappa shape index (κ2) is 7.58. The van der Waals surface area contributed by atoms with Gasteiger partial charge in [-0.15, -0.1) is 0 Å². The number of likely N-dealkylation sites (tertiary alicyclic amines) is 1. The van der Waals surface area contributed by atoms with E-state index in [1.54, 1.807) is 31.4 Å². The number of imide groups is 1. The van der Waals surface area contributed by atoms with Crippen molar-refractivity contribution >= 4 is 29.0 Å². The van der Waals surface area contributed by atoms with Crippen LogP contribution in [0.4, 0.5) is 0 Å². The molecular weight excluding hydrogens is 340 g/mol. The first-order valence-electron chi connectivity index (χ1n) is 8.63. The maximum Gasteiger partial charge on any atom is 0.277 e. The summed E-state index contributed by atoms with van der Waals surface area (Å²) in [6.07, 6.45) is 2.05. The van der Waals surface area contributed by atoms with E-state index in [4.69, 9.17) is 16.3 Å². The number of carbonyl (C=O) groups excluding carboxylic acids is 2. The Morgan fingerprint density at radius 2 is 1.76 bits per heavy atom. The molecule has 25 heavy (non-hydrogen) atoms. The van der Waals surface area contributed by atoms with Crippen molar-refractivity contribution in [2.24, 2.45) is 5.92 Å². The van der Waals surface area contributed by atoms with Gasteiger partial charge in [-0.3, -0.25) is 14.5 Å². The highest BCUT2D eigenvalue weighted by Crippen LogP contribution is 2.34. The monoisotopic (exact) mass is 362 g/mol. The van der Waals surface area contributed by atoms with E-state index in [2.05, 4.69) is 11.8 Å². The van der Waals surface area contributed by atoms with Crippen molar-refractivity contribution in [1.29, 1.82) is 0 Å². The molecule has 2 aliphatic heterocycles. The van der Waals surface area contributed by atoms with E-state index >= 15 is 0 Å². The molecule has 2 amide bonds. The average molecular weight is 363 g/mol. The van der Waals surface area contributed by atoms with Crippen molar-refractivity contribution in [3.63, 3.8) is 0 Å². The van der Waals surface area contributed by atoms with Gasteiger partial charge in [0.2, 0.25) is 0 Å². The predicted molar refractivity (Wildman–Crippen MR) is 96.9 cm³/mol. The molecule has 0 N–H and O–H groups in total. The van der Waals surface area contributed by atoms with E-state index in [0.717, 1.165) is 31.5 Å². The van der Waals surface area contributed by atoms with Gasteiger partial charge in [-0.05, 0) is 36.5 Å². The van der Waals surface area contributed by atoms with Crippen LogP contribution in [0.15, 0.2) is 30.0 Å². The van der Waals surface area contributed by atoms with Crippen molar-refractivity contribution in [2.75, 3.05) is 33.4 Å². The molecule has 0 spiro atoms. The molecule has 0 aromatic heterocycles. The van der Waals surface area contributed by atoms with Gasteiger partial charge in [-0.1, -0.05) is 30.7 Å². The molecule has 1 fully saturated rings. The van der Waals surface area contributed by atoms with Crippen LogP contribution in [0, 0.1) is 5.92 Å². The first kappa shape index (κ1) is 18.0. The number of hydrogen-bond donors (Lipinski definition) is 0. The molecule has 0 radical (unpaired) electrons. The van der Waals surface area contributed by atoms with Gasteiger partial charge in [0.05, 0.1) is 18.7 Å². The third-order valence-electron chi connectivity index (χ3n) is 4.90. The Kier molecular flexibility index (Phi) is 5.45. The fraction of sp³-hybridized carbons (Fsp3) is 0.474. The van der Waals surface area contributed by atoms with Crippen LogP contribution in [0.1, 0.15) is 25.3 Å². The van der Waals surface area contributed by atoms with Gasteiger partial charge in [0.25, 0.3) is 11.8 Å². The van der Waals surface area contributed by atoms with Crippen LogP contribution < -0.4 is 0 Å². The third kappa shape index (κ3) is 3.58. The van der Waals surface area contributed by atoms with Crippen molar-refractivity contribution in [1.82, 2.24) is 9.80 Å². The molecule has 1 saturated heterocycles. The first-order chi connectivity index (χ1) is 12.0. The zero-order chi connectivity index (χ0) is 18.0. The van der Waals surface area contributed by atoms with E-state index in [0.29, 0.717) is 28.8 Å². The van der Waals surface area contributed by atoms with Crippen molar-refractivity contribution in [3.05, 3.63) is 40.5 Å². The Balaban J connectivity index is 1.99. The largest absolute Gasteiger partial charge is 0.383 e. The molecule has 3 rings (SSSR count). The van der Waals surface area contributed by atoms with Crippen LogP contribution in [0.5, 0.6) is 0 Å². The van der Waals surface area contributed by atoms with Crippen molar-refractivity contribution < 1.29 is 14.3 Å². The van der Waals surface area contributed by atoms with Crippen LogP contribution in [0.2, 0.25) is 5.02 Å². The van der Waals surface area contributed by atoms with Crippen LogP contribution in [-0.4, -0.2) is 55.0 Å². The Hall–Kier alpha value is -1.85. The SMILES string of the molecule is COCCN1C(=O)C(c2ccc(Cl)cc2)=C(N2CCC(C)CC2)C1=O. The van der Waals surface area contributed by atoms with Gasteiger partial charge in [0.15, 0.2) is 0 Å². The number of nitrogens with zero attached hydrogens (tertiary/aromatic N) is 2. The second-order valence-corrected chi connectivity index (χ2v) is 7.09. The molecule has 134 valence electrons. The number of benzene rings is 1. The summed E-state index contributed by atoms with van der Waals surface area (Å²) in [7, 11) is 1.56. The third-order valence-corrected chi connectivity index (χ3v) is 5.15. The number of piperidine rings is 1. The molecule has 0 aliphatic carbocycles. The molecule has 2 heterocycles. The minimum Gasteiger partial charge on any atom is -0.383 e. The Morgan fingerprint density at radius 1 is 1.12 bits per heavy atom. The molecular formula is C19H23ClN2O3. The van der Waals surface area contributed by atoms with Crippen LogP contribution in [-0.2, 0) is 14.3 Å². The van der Waals surface area contributed by atoms with Crippen LogP contribution in [0.3, 0.4) is 0 Å². The summed E-state index contributed by atoms with van der Waals surface area (Å²) in [6, 6.07) is 7.09. The molecule has 1 aromatic rings. The number of hydrogen-bond acceptors (Lipinski definition) is 4. The lowest BCUT2D eigenvalue weighted by molar-refractivity contribution is -0.138. The van der Waals surface area contributed by atoms with E-state index in [-0.39, 0.29) is 18.4 Å². The highest BCUT2D eigenvalue weighted by molar-refractivity contribution is 6.36. The predicted octanol–water partition coefficient (Wildman–Crippen LogP) is 2.80. The van der Waals surface area contributed by atoms with Gasteiger partial charge in [0, 0.05) is 25.2 Å². The summed E-state index contributed by atoms with van der Waals surface area (Å²) >= 11 is 5.98. The zero-order valence-electron chi connectivity index (χ0n) is 14.6. The van der Waals surface area contributed by atoms with Crippen molar-refractivity contribution in [3.8, 4) is 0 Å². The fourth-order valence-corrected chi connectivity index (χ4v) is 3.48. The van der Waals surface area contributed by atoms with Gasteiger partial charge >= 0.3 is 0 Å². The van der Waals surface area contributed by atoms with Crippen LogP contribution in [0.25, 0.3) is 5.57 Å². The minimum absolute atomic E-state index is 0.221. The number of halogens is 1. The molecule has 0 atom stereocenters. The maximum atomic E-state index is 13.0. The number of rotatable bonds is 5. The second-order valence-electron chi connectivity index (χ2n) is 6.65. The van der Waals surface area contributed by atoms with E-state index in [1.165, 1.54) is 4.90 Å². The smallest absolute Gasteiger partial charge is 0.277 e. The average Bonchev–Trinajstić information content (AvgIpc) is 2.85. The number of methoxy groups -OCH3 is 1. The maximum absolute atomic E-state index is 13.0. The minimum atomic E-state index is -0.252. The van der Waals surface area contributed by atoms with Gasteiger partial charge in [-0.25, -0.2) is 0 Å². The van der Waals surface area contributed by atoms with E-state index in [1.807, 2.05) is 0 Å². The summed E-state index contributed by atoms with van der Waals surface area (Å²) in [4.78, 5) is 29.3. The molecule has 0 unspecified atom stereocenters. The summed E-state index contributed by atoms with van der Waals surface area (Å²) in [6.45, 7) is 4.41. The van der Waals surface area contributed by atoms with Crippen LogP contribution >= 0.6 is 11.6 Å². The highest BCUT2D eigenvalue weighted by Gasteiger charge is 2.41. The molecule has 5 nitrogen and oxygen atoms in total. The lowest BCUT2D eigenvalue weighted by Crippen LogP contribution is -2.39. The summed E-state index contributed by atoms with van der Waals surface area (Å²) < 4.78 is 5.06. The van der Waals surface area contributed by atoms with E-state index in [9.17, 15) is 9.59 Å². The topological polar surface area (TPSA) is 49.9 Å². The summed E-state index contributed by atoms with van der Waals surface area (Å²) in [5.41, 5.74) is 1.74. The normalized spacial score (nSPS) is 19.3. The highest BCUT2D eigenvalue weighted by atomic mass is 35.5. The Bertz CT molecular complexity index is 691. The molecule has 0 saturated carbocycles. The number of amides is 2. The Labute approximate surface area is 153 Å². The van der Waals surface area contributed by atoms with E-state index < -0.39 is 0 Å². The summed E-state index contributed by atoms with van der Waals surface area (Å²) in [5.74, 6) is 0.173. The molecule has 6 heteroatoms. The lowest BCUT2D eigenvalue weighted by Gasteiger charge is -2.32. The summed E-state index contributed by atoms with van der Waals surface area (Å²) in [5, 5.41) is 0.603. The standard InChI is InChI=1S/C19H23ClN2O3/c1-13-7-9-21(10-8-13)17-16(14-3-5-15(20)6-4-14)18(23)22(19(17)24)11-12-25-2/h3-6,13H,7-12H2,1-2H3. The molecule has 1 aromatic carbocycles. The van der Waals surface area contributed by atoms with Gasteiger partial charge < -0.3 is 9.64 Å². The first-order valence-corrected chi connectivity index (χ1v) is 9.01. The molecule has 2 aliphatic rings. The fourth-order valence-electron chi connectivity index (χ4n) is 3.35. The van der Waals surface area contributed by atoms with Crippen molar-refractivity contribution in [2.45, 2.75) is 19.8 Å². The van der Waals surface area contributed by atoms with Gasteiger partial charge in [-0.2, -0.15) is 0 Å². The number of ether oxygens (including phenoxy) is 1. The number of carbonyl (C=O) groups is 2. The quantitative estimate of drug-likeness (QED) is 0.756. The lowest BCUT2D eigenvalue weighted by atomic mass is 9.97. The Morgan fingerprint density at radius 3 is 2.36 bits per heavy atom. The molecule has 0 bridgehead atoms. The van der Waals surface area contributed by atoms with Gasteiger partial charge in [0.1, 0.15) is 5.70 Å².